The standard InChI is InChI=1S/C23H24N6O4/c1-4-29-18(9-13(2)27-29)22(32)26-23-25-17-10-15(21(24)31)11-19(33-3)20(17)28(23)12-14-5-7-16(30)8-6-14/h5-11,30H,4,12H2,1-3H3,(H2,24,31)(H,25,26,32). The lowest BCUT2D eigenvalue weighted by atomic mass is 10.1. The zero-order valence-electron chi connectivity index (χ0n) is 18.5. The molecule has 0 fully saturated rings. The van der Waals surface area contributed by atoms with Gasteiger partial charge in [0, 0.05) is 12.1 Å². The van der Waals surface area contributed by atoms with E-state index in [1.54, 1.807) is 51.7 Å². The lowest BCUT2D eigenvalue weighted by molar-refractivity contribution is 0.0995. The fraction of sp³-hybridized carbons (Fsp3) is 0.217. The molecule has 0 aliphatic heterocycles. The van der Waals surface area contributed by atoms with Crippen LogP contribution < -0.4 is 15.8 Å². The highest BCUT2D eigenvalue weighted by Gasteiger charge is 2.21. The summed E-state index contributed by atoms with van der Waals surface area (Å²) in [5, 5.41) is 16.8. The second-order valence-electron chi connectivity index (χ2n) is 7.54. The molecule has 0 atom stereocenters. The van der Waals surface area contributed by atoms with Crippen molar-refractivity contribution in [2.24, 2.45) is 5.73 Å². The Morgan fingerprint density at radius 3 is 2.55 bits per heavy atom. The molecule has 2 aromatic carbocycles. The van der Waals surface area contributed by atoms with Crippen LogP contribution in [0.2, 0.25) is 0 Å². The van der Waals surface area contributed by atoms with Gasteiger partial charge < -0.3 is 20.1 Å². The second kappa shape index (κ2) is 8.65. The van der Waals surface area contributed by atoms with Crippen molar-refractivity contribution < 1.29 is 19.4 Å². The van der Waals surface area contributed by atoms with Crippen LogP contribution in [0.5, 0.6) is 11.5 Å². The van der Waals surface area contributed by atoms with E-state index < -0.39 is 5.91 Å². The number of rotatable bonds is 7. The van der Waals surface area contributed by atoms with Gasteiger partial charge in [0.1, 0.15) is 22.7 Å². The number of hydrogen-bond donors (Lipinski definition) is 3. The number of aromatic nitrogens is 4. The van der Waals surface area contributed by atoms with Gasteiger partial charge in [0.2, 0.25) is 11.9 Å². The molecule has 4 N–H and O–H groups in total. The third-order valence-electron chi connectivity index (χ3n) is 5.25. The van der Waals surface area contributed by atoms with E-state index in [1.165, 1.54) is 7.11 Å². The topological polar surface area (TPSA) is 137 Å². The van der Waals surface area contributed by atoms with Gasteiger partial charge in [-0.15, -0.1) is 0 Å². The number of aromatic hydroxyl groups is 1. The number of nitrogens with two attached hydrogens (primary N) is 1. The first-order valence-corrected chi connectivity index (χ1v) is 10.3. The highest BCUT2D eigenvalue weighted by molar-refractivity contribution is 6.04. The summed E-state index contributed by atoms with van der Waals surface area (Å²) in [6.07, 6.45) is 0. The van der Waals surface area contributed by atoms with Crippen molar-refractivity contribution in [3.63, 3.8) is 0 Å². The highest BCUT2D eigenvalue weighted by Crippen LogP contribution is 2.31. The van der Waals surface area contributed by atoms with E-state index in [2.05, 4.69) is 15.4 Å². The van der Waals surface area contributed by atoms with Crippen LogP contribution in [0.15, 0.2) is 42.5 Å². The first kappa shape index (κ1) is 21.9. The smallest absolute Gasteiger partial charge is 0.276 e. The SMILES string of the molecule is CCn1nc(C)cc1C(=O)Nc1nc2cc(C(N)=O)cc(OC)c2n1Cc1ccc(O)cc1. The van der Waals surface area contributed by atoms with Gasteiger partial charge in [-0.1, -0.05) is 12.1 Å². The van der Waals surface area contributed by atoms with Gasteiger partial charge in [0.25, 0.3) is 5.91 Å². The summed E-state index contributed by atoms with van der Waals surface area (Å²) in [5.41, 5.74) is 8.74. The average Bonchev–Trinajstić information content (AvgIpc) is 3.34. The highest BCUT2D eigenvalue weighted by atomic mass is 16.5. The van der Waals surface area contributed by atoms with E-state index in [1.807, 2.05) is 13.8 Å². The molecule has 2 heterocycles. The molecule has 10 heteroatoms. The van der Waals surface area contributed by atoms with Gasteiger partial charge in [0.15, 0.2) is 0 Å². The van der Waals surface area contributed by atoms with Crippen LogP contribution in [0, 0.1) is 6.92 Å². The summed E-state index contributed by atoms with van der Waals surface area (Å²) < 4.78 is 8.92. The zero-order chi connectivity index (χ0) is 23.7. The number of phenolic OH excluding ortho intramolecular Hbond substituents is 1. The molecule has 2 aromatic heterocycles. The maximum Gasteiger partial charge on any atom is 0.276 e. The van der Waals surface area contributed by atoms with Crippen LogP contribution in [0.3, 0.4) is 0 Å². The molecule has 170 valence electrons. The van der Waals surface area contributed by atoms with E-state index >= 15 is 0 Å². The number of hydrogen-bond acceptors (Lipinski definition) is 6. The van der Waals surface area contributed by atoms with Gasteiger partial charge in [-0.3, -0.25) is 19.6 Å². The molecule has 33 heavy (non-hydrogen) atoms. The van der Waals surface area contributed by atoms with Crippen molar-refractivity contribution in [3.05, 3.63) is 65.0 Å². The lowest BCUT2D eigenvalue weighted by Crippen LogP contribution is -2.20. The van der Waals surface area contributed by atoms with Gasteiger partial charge in [-0.05, 0) is 49.7 Å². The second-order valence-corrected chi connectivity index (χ2v) is 7.54. The predicted octanol–water partition coefficient (Wildman–Crippen LogP) is 2.67. The van der Waals surface area contributed by atoms with E-state index in [4.69, 9.17) is 10.5 Å². The minimum Gasteiger partial charge on any atom is -0.508 e. The summed E-state index contributed by atoms with van der Waals surface area (Å²) in [6.45, 7) is 4.58. The first-order chi connectivity index (χ1) is 15.8. The molecule has 0 aliphatic rings. The Bertz CT molecular complexity index is 1350. The Morgan fingerprint density at radius 1 is 1.18 bits per heavy atom. The lowest BCUT2D eigenvalue weighted by Gasteiger charge is -2.13. The Balaban J connectivity index is 1.85. The fourth-order valence-electron chi connectivity index (χ4n) is 3.70. The number of anilines is 1. The number of primary amides is 1. The minimum atomic E-state index is -0.615. The van der Waals surface area contributed by atoms with Gasteiger partial charge in [0.05, 0.1) is 24.9 Å². The van der Waals surface area contributed by atoms with Gasteiger partial charge in [-0.2, -0.15) is 5.10 Å². The molecule has 0 bridgehead atoms. The number of phenols is 1. The number of nitrogens with one attached hydrogen (secondary N) is 1. The summed E-state index contributed by atoms with van der Waals surface area (Å²) in [4.78, 5) is 29.5. The number of ether oxygens (including phenoxy) is 1. The molecule has 0 radical (unpaired) electrons. The summed E-state index contributed by atoms with van der Waals surface area (Å²) in [5.74, 6) is -0.174. The monoisotopic (exact) mass is 448 g/mol. The molecule has 0 spiro atoms. The Hall–Kier alpha value is -4.34. The summed E-state index contributed by atoms with van der Waals surface area (Å²) in [6, 6.07) is 11.5. The maximum atomic E-state index is 13.1. The first-order valence-electron chi connectivity index (χ1n) is 10.3. The Labute approximate surface area is 189 Å². The van der Waals surface area contributed by atoms with Gasteiger partial charge >= 0.3 is 0 Å². The van der Waals surface area contributed by atoms with Crippen molar-refractivity contribution in [2.45, 2.75) is 26.9 Å². The summed E-state index contributed by atoms with van der Waals surface area (Å²) >= 11 is 0. The number of fused-ring (bicyclic) bond motifs is 1. The molecule has 0 aliphatic carbocycles. The molecule has 0 saturated heterocycles. The molecular formula is C23H24N6O4. The Kier molecular flexibility index (Phi) is 5.74. The average molecular weight is 448 g/mol. The third kappa shape index (κ3) is 4.22. The van der Waals surface area contributed by atoms with E-state index in [0.29, 0.717) is 35.6 Å². The van der Waals surface area contributed by atoms with Crippen LogP contribution in [0.1, 0.15) is 39.0 Å². The number of nitrogens with zero attached hydrogens (tertiary/aromatic N) is 4. The number of aryl methyl sites for hydroxylation is 2. The van der Waals surface area contributed by atoms with E-state index in [9.17, 15) is 14.7 Å². The summed E-state index contributed by atoms with van der Waals surface area (Å²) in [7, 11) is 1.48. The van der Waals surface area contributed by atoms with Crippen LogP contribution >= 0.6 is 0 Å². The molecule has 0 saturated carbocycles. The number of benzene rings is 2. The van der Waals surface area contributed by atoms with Crippen molar-refractivity contribution in [3.8, 4) is 11.5 Å². The fourth-order valence-corrected chi connectivity index (χ4v) is 3.70. The molecule has 0 unspecified atom stereocenters. The van der Waals surface area contributed by atoms with Crippen LogP contribution in [-0.2, 0) is 13.1 Å². The normalized spacial score (nSPS) is 11.0. The van der Waals surface area contributed by atoms with E-state index in [0.717, 1.165) is 11.3 Å². The molecule has 10 nitrogen and oxygen atoms in total. The minimum absolute atomic E-state index is 0.148. The number of methoxy groups -OCH3 is 1. The van der Waals surface area contributed by atoms with Crippen molar-refractivity contribution >= 4 is 28.8 Å². The van der Waals surface area contributed by atoms with Crippen LogP contribution in [0.25, 0.3) is 11.0 Å². The number of carbonyl (C=O) groups excluding carboxylic acids is 2. The molecular weight excluding hydrogens is 424 g/mol. The van der Waals surface area contributed by atoms with E-state index in [-0.39, 0.29) is 23.2 Å². The quantitative estimate of drug-likeness (QED) is 0.397. The molecule has 4 rings (SSSR count). The van der Waals surface area contributed by atoms with Crippen molar-refractivity contribution in [2.75, 3.05) is 12.4 Å². The van der Waals surface area contributed by atoms with Crippen molar-refractivity contribution in [1.29, 1.82) is 0 Å². The Morgan fingerprint density at radius 2 is 1.91 bits per heavy atom. The molecule has 2 amide bonds. The third-order valence-corrected chi connectivity index (χ3v) is 5.25. The maximum absolute atomic E-state index is 13.1. The molecule has 4 aromatic rings. The van der Waals surface area contributed by atoms with Crippen LogP contribution in [-0.4, -0.2) is 43.4 Å². The van der Waals surface area contributed by atoms with Crippen LogP contribution in [0.4, 0.5) is 5.95 Å². The number of amides is 2. The van der Waals surface area contributed by atoms with Crippen molar-refractivity contribution in [1.82, 2.24) is 19.3 Å². The zero-order valence-corrected chi connectivity index (χ0v) is 18.5. The largest absolute Gasteiger partial charge is 0.508 e. The predicted molar refractivity (Wildman–Crippen MR) is 123 cm³/mol. The number of imidazole rings is 1. The number of carbonyl (C=O) groups is 2. The van der Waals surface area contributed by atoms with Gasteiger partial charge in [-0.25, -0.2) is 4.98 Å².